The van der Waals surface area contributed by atoms with Gasteiger partial charge in [0, 0.05) is 10.9 Å². The van der Waals surface area contributed by atoms with Gasteiger partial charge in [0.05, 0.1) is 12.8 Å². The third-order valence-electron chi connectivity index (χ3n) is 4.03. The van der Waals surface area contributed by atoms with Crippen LogP contribution in [0, 0.1) is 13.8 Å². The fourth-order valence-corrected chi connectivity index (χ4v) is 3.16. The Morgan fingerprint density at radius 2 is 2.00 bits per heavy atom. The molecule has 3 rings (SSSR count). The van der Waals surface area contributed by atoms with Gasteiger partial charge in [0.15, 0.2) is 11.7 Å². The van der Waals surface area contributed by atoms with Gasteiger partial charge < -0.3 is 9.47 Å². The summed E-state index contributed by atoms with van der Waals surface area (Å²) < 4.78 is 10.9. The topological polar surface area (TPSA) is 60.5 Å². The highest BCUT2D eigenvalue weighted by Gasteiger charge is 2.10. The first kappa shape index (κ1) is 17.9. The molecule has 0 spiro atoms. The van der Waals surface area contributed by atoms with Gasteiger partial charge in [-0.25, -0.2) is 4.98 Å². The van der Waals surface area contributed by atoms with E-state index in [-0.39, 0.29) is 12.5 Å². The van der Waals surface area contributed by atoms with Crippen LogP contribution < -0.4 is 14.8 Å². The van der Waals surface area contributed by atoms with Crippen molar-refractivity contribution in [2.24, 2.45) is 0 Å². The van der Waals surface area contributed by atoms with Crippen LogP contribution in [-0.2, 0) is 4.79 Å². The summed E-state index contributed by atoms with van der Waals surface area (Å²) in [5.74, 6) is 1.25. The highest BCUT2D eigenvalue weighted by atomic mass is 32.1. The van der Waals surface area contributed by atoms with E-state index < -0.39 is 0 Å². The van der Waals surface area contributed by atoms with Crippen molar-refractivity contribution in [1.82, 2.24) is 4.98 Å². The van der Waals surface area contributed by atoms with Gasteiger partial charge in [0.2, 0.25) is 0 Å². The van der Waals surface area contributed by atoms with Crippen LogP contribution in [0.3, 0.4) is 0 Å². The third-order valence-corrected chi connectivity index (χ3v) is 4.79. The van der Waals surface area contributed by atoms with Crippen molar-refractivity contribution in [3.05, 3.63) is 59.0 Å². The number of rotatable bonds is 6. The van der Waals surface area contributed by atoms with Crippen molar-refractivity contribution in [1.29, 1.82) is 0 Å². The molecule has 1 aromatic heterocycles. The average Bonchev–Trinajstić information content (AvgIpc) is 3.11. The molecule has 0 saturated heterocycles. The molecule has 0 atom stereocenters. The number of carbonyl (C=O) groups is 1. The average molecular weight is 368 g/mol. The van der Waals surface area contributed by atoms with Gasteiger partial charge in [0.1, 0.15) is 11.5 Å². The van der Waals surface area contributed by atoms with Crippen LogP contribution in [0.4, 0.5) is 5.13 Å². The van der Waals surface area contributed by atoms with Crippen molar-refractivity contribution in [2.45, 2.75) is 13.8 Å². The van der Waals surface area contributed by atoms with E-state index in [0.29, 0.717) is 5.13 Å². The number of aromatic nitrogens is 1. The van der Waals surface area contributed by atoms with Crippen LogP contribution in [0.25, 0.3) is 11.3 Å². The molecular formula is C20H20N2O3S. The minimum atomic E-state index is -0.238. The summed E-state index contributed by atoms with van der Waals surface area (Å²) in [4.78, 5) is 16.6. The zero-order valence-corrected chi connectivity index (χ0v) is 15.7. The summed E-state index contributed by atoms with van der Waals surface area (Å²) >= 11 is 1.37. The number of methoxy groups -OCH3 is 1. The summed E-state index contributed by atoms with van der Waals surface area (Å²) in [5, 5.41) is 5.22. The summed E-state index contributed by atoms with van der Waals surface area (Å²) in [7, 11) is 1.63. The van der Waals surface area contributed by atoms with Gasteiger partial charge in [0.25, 0.3) is 5.91 Å². The van der Waals surface area contributed by atoms with Gasteiger partial charge >= 0.3 is 0 Å². The molecule has 0 bridgehead atoms. The molecule has 5 nitrogen and oxygen atoms in total. The molecule has 1 N–H and O–H groups in total. The minimum absolute atomic E-state index is 0.0572. The summed E-state index contributed by atoms with van der Waals surface area (Å²) in [6, 6.07) is 13.4. The lowest BCUT2D eigenvalue weighted by atomic mass is 10.1. The number of hydrogen-bond acceptors (Lipinski definition) is 5. The van der Waals surface area contributed by atoms with E-state index in [1.807, 2.05) is 61.7 Å². The Balaban J connectivity index is 1.61. The molecular weight excluding hydrogens is 348 g/mol. The number of nitrogens with zero attached hydrogens (tertiary/aromatic N) is 1. The van der Waals surface area contributed by atoms with E-state index in [1.54, 1.807) is 7.11 Å². The second kappa shape index (κ2) is 8.01. The Bertz CT molecular complexity index is 921. The lowest BCUT2D eigenvalue weighted by Gasteiger charge is -2.10. The SMILES string of the molecule is COc1cccc(-c2csc(NC(=O)COc3cccc(C)c3C)n2)c1. The normalized spacial score (nSPS) is 10.4. The number of amides is 1. The minimum Gasteiger partial charge on any atom is -0.497 e. The molecule has 0 unspecified atom stereocenters. The van der Waals surface area contributed by atoms with Crippen LogP contribution >= 0.6 is 11.3 Å². The van der Waals surface area contributed by atoms with E-state index in [9.17, 15) is 4.79 Å². The molecule has 1 heterocycles. The fourth-order valence-electron chi connectivity index (χ4n) is 2.43. The fraction of sp³-hybridized carbons (Fsp3) is 0.200. The smallest absolute Gasteiger partial charge is 0.264 e. The molecule has 2 aromatic carbocycles. The van der Waals surface area contributed by atoms with Crippen molar-refractivity contribution < 1.29 is 14.3 Å². The molecule has 134 valence electrons. The largest absolute Gasteiger partial charge is 0.497 e. The van der Waals surface area contributed by atoms with Crippen LogP contribution in [-0.4, -0.2) is 24.6 Å². The molecule has 3 aromatic rings. The van der Waals surface area contributed by atoms with Gasteiger partial charge in [-0.1, -0.05) is 24.3 Å². The monoisotopic (exact) mass is 368 g/mol. The Kier molecular flexibility index (Phi) is 5.53. The molecule has 0 aliphatic carbocycles. The van der Waals surface area contributed by atoms with Crippen molar-refractivity contribution in [3.63, 3.8) is 0 Å². The zero-order chi connectivity index (χ0) is 18.5. The quantitative estimate of drug-likeness (QED) is 0.698. The number of hydrogen-bond donors (Lipinski definition) is 1. The number of nitrogens with one attached hydrogen (secondary N) is 1. The van der Waals surface area contributed by atoms with E-state index in [2.05, 4.69) is 10.3 Å². The summed E-state index contributed by atoms with van der Waals surface area (Å²) in [6.07, 6.45) is 0. The van der Waals surface area contributed by atoms with Crippen molar-refractivity contribution in [3.8, 4) is 22.8 Å². The van der Waals surface area contributed by atoms with Crippen LogP contribution in [0.15, 0.2) is 47.8 Å². The van der Waals surface area contributed by atoms with E-state index in [1.165, 1.54) is 11.3 Å². The lowest BCUT2D eigenvalue weighted by Crippen LogP contribution is -2.20. The highest BCUT2D eigenvalue weighted by Crippen LogP contribution is 2.27. The maximum Gasteiger partial charge on any atom is 0.264 e. The Morgan fingerprint density at radius 1 is 1.19 bits per heavy atom. The second-order valence-corrected chi connectivity index (χ2v) is 6.66. The van der Waals surface area contributed by atoms with Crippen LogP contribution in [0.2, 0.25) is 0 Å². The van der Waals surface area contributed by atoms with Crippen LogP contribution in [0.5, 0.6) is 11.5 Å². The predicted molar refractivity (Wildman–Crippen MR) is 104 cm³/mol. The Labute approximate surface area is 156 Å². The summed E-state index contributed by atoms with van der Waals surface area (Å²) in [5.41, 5.74) is 3.90. The van der Waals surface area contributed by atoms with E-state index in [0.717, 1.165) is 33.9 Å². The third kappa shape index (κ3) is 4.21. The zero-order valence-electron chi connectivity index (χ0n) is 14.9. The van der Waals surface area contributed by atoms with Gasteiger partial charge in [-0.3, -0.25) is 10.1 Å². The Hall–Kier alpha value is -2.86. The van der Waals surface area contributed by atoms with Gasteiger partial charge in [-0.05, 0) is 43.2 Å². The van der Waals surface area contributed by atoms with Gasteiger partial charge in [-0.2, -0.15) is 0 Å². The first-order valence-electron chi connectivity index (χ1n) is 8.15. The van der Waals surface area contributed by atoms with Crippen molar-refractivity contribution >= 4 is 22.4 Å². The van der Waals surface area contributed by atoms with E-state index >= 15 is 0 Å². The lowest BCUT2D eigenvalue weighted by molar-refractivity contribution is -0.118. The molecule has 0 aliphatic rings. The van der Waals surface area contributed by atoms with E-state index in [4.69, 9.17) is 9.47 Å². The molecule has 0 fully saturated rings. The first-order chi connectivity index (χ1) is 12.6. The highest BCUT2D eigenvalue weighted by molar-refractivity contribution is 7.14. The number of ether oxygens (including phenoxy) is 2. The first-order valence-corrected chi connectivity index (χ1v) is 9.03. The van der Waals surface area contributed by atoms with Crippen LogP contribution in [0.1, 0.15) is 11.1 Å². The number of benzene rings is 2. The molecule has 6 heteroatoms. The summed E-state index contributed by atoms with van der Waals surface area (Å²) in [6.45, 7) is 3.93. The molecule has 1 amide bonds. The van der Waals surface area contributed by atoms with Gasteiger partial charge in [-0.15, -0.1) is 11.3 Å². The molecule has 0 radical (unpaired) electrons. The number of thiazole rings is 1. The second-order valence-electron chi connectivity index (χ2n) is 5.80. The number of anilines is 1. The Morgan fingerprint density at radius 3 is 2.81 bits per heavy atom. The number of carbonyl (C=O) groups excluding carboxylic acids is 1. The maximum atomic E-state index is 12.1. The standard InChI is InChI=1S/C20H20N2O3S/c1-13-6-4-9-18(14(13)2)25-11-19(23)22-20-21-17(12-26-20)15-7-5-8-16(10-15)24-3/h4-10,12H,11H2,1-3H3,(H,21,22,23). The number of aryl methyl sites for hydroxylation is 1. The molecule has 26 heavy (non-hydrogen) atoms. The van der Waals surface area contributed by atoms with Crippen molar-refractivity contribution in [2.75, 3.05) is 19.0 Å². The molecule has 0 aliphatic heterocycles. The predicted octanol–water partition coefficient (Wildman–Crippen LogP) is 4.45. The molecule has 0 saturated carbocycles. The maximum absolute atomic E-state index is 12.1.